The van der Waals surface area contributed by atoms with Gasteiger partial charge in [0.1, 0.15) is 24.2 Å². The number of para-hydroxylation sites is 1. The van der Waals surface area contributed by atoms with Crippen molar-refractivity contribution in [1.29, 1.82) is 0 Å². The van der Waals surface area contributed by atoms with E-state index in [-0.39, 0.29) is 35.7 Å². The summed E-state index contributed by atoms with van der Waals surface area (Å²) >= 11 is 0. The number of anilines is 3. The van der Waals surface area contributed by atoms with E-state index < -0.39 is 12.1 Å². The van der Waals surface area contributed by atoms with Crippen molar-refractivity contribution in [2.75, 3.05) is 54.8 Å². The Morgan fingerprint density at radius 2 is 0.831 bits per heavy atom. The molecule has 336 valence electrons. The van der Waals surface area contributed by atoms with Crippen LogP contribution in [0.25, 0.3) is 0 Å². The highest BCUT2D eigenvalue weighted by molar-refractivity contribution is 5.99. The molecule has 5 aromatic carbocycles. The Labute approximate surface area is 383 Å². The molecule has 11 nitrogen and oxygen atoms in total. The number of hydrogen-bond acceptors (Lipinski definition) is 7. The van der Waals surface area contributed by atoms with E-state index in [1.807, 2.05) is 127 Å². The van der Waals surface area contributed by atoms with Gasteiger partial charge in [-0.25, -0.2) is 0 Å². The number of carbonyl (C=O) groups is 4. The fraction of sp³-hybridized carbons (Fsp3) is 0.370. The lowest BCUT2D eigenvalue weighted by atomic mass is 10.0. The van der Waals surface area contributed by atoms with Crippen LogP contribution < -0.4 is 15.5 Å². The molecule has 9 rings (SSSR count). The summed E-state index contributed by atoms with van der Waals surface area (Å²) in [6.07, 6.45) is 7.20. The van der Waals surface area contributed by atoms with Gasteiger partial charge in [-0.3, -0.25) is 29.0 Å². The Bertz CT molecular complexity index is 2220. The fourth-order valence-corrected chi connectivity index (χ4v) is 10.4. The Morgan fingerprint density at radius 3 is 1.22 bits per heavy atom. The van der Waals surface area contributed by atoms with E-state index >= 15 is 0 Å². The molecule has 4 aliphatic heterocycles. The van der Waals surface area contributed by atoms with E-state index in [1.165, 1.54) is 0 Å². The summed E-state index contributed by atoms with van der Waals surface area (Å²) < 4.78 is 0. The number of carbonyl (C=O) groups excluding carboxylic acids is 4. The molecule has 0 aliphatic carbocycles. The standard InChI is InChI=1S/C54H61N7O4/c62-51(47-22-14-36-60(47)53(64)49(57-32-10-11-33-57)42-16-4-1-5-17-42)55-44-28-24-40(25-29-44)38-59(46-20-8-3-9-21-46)39-41-26-30-45(31-27-41)56-52(63)48-23-15-37-61(48)54(65)50(58-34-12-13-35-58)43-18-6-2-7-19-43/h1-9,16-21,24-31,47-50H,10-15,22-23,32-39H2,(H,55,62)(H,56,63)/t47-,48-,49+,50+/m0/s1. The van der Waals surface area contributed by atoms with Crippen LogP contribution in [0.15, 0.2) is 140 Å². The number of likely N-dealkylation sites (tertiary alicyclic amines) is 4. The topological polar surface area (TPSA) is 109 Å². The molecule has 0 aromatic heterocycles. The third-order valence-electron chi connectivity index (χ3n) is 13.7. The zero-order chi connectivity index (χ0) is 44.5. The lowest BCUT2D eigenvalue weighted by molar-refractivity contribution is -0.141. The zero-order valence-electron chi connectivity index (χ0n) is 37.3. The number of benzene rings is 5. The van der Waals surface area contributed by atoms with Gasteiger partial charge in [0.2, 0.25) is 23.6 Å². The third kappa shape index (κ3) is 10.3. The van der Waals surface area contributed by atoms with Gasteiger partial charge in [0.25, 0.3) is 0 Å². The summed E-state index contributed by atoms with van der Waals surface area (Å²) in [5.74, 6) is -0.266. The van der Waals surface area contributed by atoms with Crippen LogP contribution >= 0.6 is 0 Å². The van der Waals surface area contributed by atoms with Gasteiger partial charge in [-0.2, -0.15) is 0 Å². The number of hydrogen-bond donors (Lipinski definition) is 2. The molecule has 4 aliphatic rings. The van der Waals surface area contributed by atoms with E-state index in [0.29, 0.717) is 50.4 Å². The Kier molecular flexibility index (Phi) is 14.0. The van der Waals surface area contributed by atoms with Crippen molar-refractivity contribution in [2.24, 2.45) is 0 Å². The Morgan fingerprint density at radius 1 is 0.462 bits per heavy atom. The first kappa shape index (κ1) is 43.9. The third-order valence-corrected chi connectivity index (χ3v) is 13.7. The highest BCUT2D eigenvalue weighted by Crippen LogP contribution is 2.33. The molecule has 11 heteroatoms. The van der Waals surface area contributed by atoms with Crippen molar-refractivity contribution in [3.8, 4) is 0 Å². The first-order valence-corrected chi connectivity index (χ1v) is 23.7. The second kappa shape index (κ2) is 20.7. The molecule has 65 heavy (non-hydrogen) atoms. The quantitative estimate of drug-likeness (QED) is 0.109. The van der Waals surface area contributed by atoms with Crippen molar-refractivity contribution >= 4 is 40.7 Å². The molecule has 0 saturated carbocycles. The predicted molar refractivity (Wildman–Crippen MR) is 256 cm³/mol. The molecule has 0 unspecified atom stereocenters. The fourth-order valence-electron chi connectivity index (χ4n) is 10.4. The average Bonchev–Trinajstić information content (AvgIpc) is 4.21. The lowest BCUT2D eigenvalue weighted by Crippen LogP contribution is -2.48. The van der Waals surface area contributed by atoms with Gasteiger partial charge >= 0.3 is 0 Å². The molecule has 0 bridgehead atoms. The monoisotopic (exact) mass is 871 g/mol. The SMILES string of the molecule is O=C(Nc1ccc(CN(Cc2ccc(NC(=O)[C@@H]3CCCN3C(=O)[C@@H](c3ccccc3)N3CCCC3)cc2)c2ccccc2)cc1)[C@@H]1CCCN1C(=O)[C@@H](c1ccccc1)N1CCCC1. The van der Waals surface area contributed by atoms with Crippen LogP contribution in [0.3, 0.4) is 0 Å². The minimum Gasteiger partial charge on any atom is -0.363 e. The van der Waals surface area contributed by atoms with Crippen LogP contribution in [-0.4, -0.2) is 94.6 Å². The van der Waals surface area contributed by atoms with E-state index in [0.717, 1.165) is 92.6 Å². The highest BCUT2D eigenvalue weighted by Gasteiger charge is 2.42. The average molecular weight is 872 g/mol. The normalized spacial score (nSPS) is 19.8. The minimum absolute atomic E-state index is 0.0145. The second-order valence-corrected chi connectivity index (χ2v) is 18.1. The summed E-state index contributed by atoms with van der Waals surface area (Å²) in [5, 5.41) is 6.25. The lowest BCUT2D eigenvalue weighted by Gasteiger charge is -2.33. The summed E-state index contributed by atoms with van der Waals surface area (Å²) in [4.78, 5) is 66.5. The molecule has 0 radical (unpaired) electrons. The molecule has 4 amide bonds. The van der Waals surface area contributed by atoms with E-state index in [2.05, 4.69) is 37.5 Å². The Balaban J connectivity index is 0.822. The summed E-state index contributed by atoms with van der Waals surface area (Å²) in [6, 6.07) is 44.5. The first-order valence-electron chi connectivity index (χ1n) is 23.7. The molecule has 2 N–H and O–H groups in total. The summed E-state index contributed by atoms with van der Waals surface area (Å²) in [6.45, 7) is 5.96. The van der Waals surface area contributed by atoms with Crippen LogP contribution in [0.2, 0.25) is 0 Å². The van der Waals surface area contributed by atoms with Crippen molar-refractivity contribution in [1.82, 2.24) is 19.6 Å². The van der Waals surface area contributed by atoms with Crippen molar-refractivity contribution in [3.05, 3.63) is 162 Å². The maximum atomic E-state index is 14.2. The number of nitrogens with one attached hydrogen (secondary N) is 2. The number of amides is 4. The van der Waals surface area contributed by atoms with Gasteiger partial charge in [0.15, 0.2) is 0 Å². The summed E-state index contributed by atoms with van der Waals surface area (Å²) in [7, 11) is 0. The smallest absolute Gasteiger partial charge is 0.247 e. The summed E-state index contributed by atoms with van der Waals surface area (Å²) in [5.41, 5.74) is 6.61. The van der Waals surface area contributed by atoms with E-state index in [9.17, 15) is 19.2 Å². The van der Waals surface area contributed by atoms with E-state index in [1.54, 1.807) is 9.80 Å². The molecule has 4 fully saturated rings. The van der Waals surface area contributed by atoms with Crippen LogP contribution in [-0.2, 0) is 32.3 Å². The van der Waals surface area contributed by atoms with Crippen molar-refractivity contribution < 1.29 is 19.2 Å². The predicted octanol–water partition coefficient (Wildman–Crippen LogP) is 8.43. The highest BCUT2D eigenvalue weighted by atomic mass is 16.2. The minimum atomic E-state index is -0.511. The molecular formula is C54H61N7O4. The van der Waals surface area contributed by atoms with Gasteiger partial charge in [0.05, 0.1) is 0 Å². The molecule has 4 saturated heterocycles. The maximum absolute atomic E-state index is 14.2. The maximum Gasteiger partial charge on any atom is 0.247 e. The second-order valence-electron chi connectivity index (χ2n) is 18.1. The molecule has 4 heterocycles. The first-order chi connectivity index (χ1) is 31.9. The Hall–Kier alpha value is -6.30. The van der Waals surface area contributed by atoms with Crippen LogP contribution in [0.1, 0.15) is 85.7 Å². The van der Waals surface area contributed by atoms with Gasteiger partial charge < -0.3 is 25.3 Å². The van der Waals surface area contributed by atoms with Gasteiger partial charge in [0, 0.05) is 43.2 Å². The van der Waals surface area contributed by atoms with Gasteiger partial charge in [-0.1, -0.05) is 103 Å². The van der Waals surface area contributed by atoms with Crippen LogP contribution in [0.4, 0.5) is 17.1 Å². The largest absolute Gasteiger partial charge is 0.363 e. The number of nitrogens with zero attached hydrogens (tertiary/aromatic N) is 5. The number of rotatable bonds is 15. The van der Waals surface area contributed by atoms with Crippen molar-refractivity contribution in [3.63, 3.8) is 0 Å². The van der Waals surface area contributed by atoms with E-state index in [4.69, 9.17) is 0 Å². The molecule has 4 atom stereocenters. The van der Waals surface area contributed by atoms with Gasteiger partial charge in [-0.15, -0.1) is 0 Å². The van der Waals surface area contributed by atoms with Gasteiger partial charge in [-0.05, 0) is 136 Å². The van der Waals surface area contributed by atoms with Crippen LogP contribution in [0, 0.1) is 0 Å². The molecule has 0 spiro atoms. The van der Waals surface area contributed by atoms with Crippen molar-refractivity contribution in [2.45, 2.75) is 88.6 Å². The van der Waals surface area contributed by atoms with Crippen LogP contribution in [0.5, 0.6) is 0 Å². The zero-order valence-corrected chi connectivity index (χ0v) is 37.3. The molecule has 5 aromatic rings. The molecular weight excluding hydrogens is 811 g/mol.